The highest BCUT2D eigenvalue weighted by Crippen LogP contribution is 2.41. The molecule has 0 spiro atoms. The Morgan fingerprint density at radius 3 is 2.62 bits per heavy atom. The van der Waals surface area contributed by atoms with Gasteiger partial charge in [-0.3, -0.25) is 4.79 Å². The van der Waals surface area contributed by atoms with Crippen molar-refractivity contribution in [1.82, 2.24) is 19.0 Å². The number of imidazole rings is 1. The maximum atomic E-state index is 14.4. The summed E-state index contributed by atoms with van der Waals surface area (Å²) < 4.78 is 48.0. The Hall–Kier alpha value is -4.08. The van der Waals surface area contributed by atoms with Crippen LogP contribution in [-0.2, 0) is 14.8 Å². The highest BCUT2D eigenvalue weighted by Gasteiger charge is 2.40. The Labute approximate surface area is 230 Å². The number of anilines is 1. The van der Waals surface area contributed by atoms with Gasteiger partial charge in [-0.05, 0) is 62.6 Å². The number of benzene rings is 2. The smallest absolute Gasteiger partial charge is 0.227 e. The van der Waals surface area contributed by atoms with Crippen molar-refractivity contribution in [3.8, 4) is 17.2 Å². The standard InChI is InChI=1S/C28H27FN6O4S/c1-16-27(17(2)39-32-16)19-4-5-24-23(12-19)31-28(35(24)21-8-9-33(15-21)40(3,37)38)25-6-7-26(36)34(25)22-11-18(14-30)10-20(29)13-22/h4-5,10-13,21,25H,6-9,15H2,1-3H3. The Kier molecular flexibility index (Phi) is 6.23. The predicted octanol–water partition coefficient (Wildman–Crippen LogP) is 4.39. The van der Waals surface area contributed by atoms with Crippen molar-refractivity contribution in [2.45, 2.75) is 45.2 Å². The van der Waals surface area contributed by atoms with Gasteiger partial charge < -0.3 is 14.0 Å². The number of rotatable bonds is 5. The largest absolute Gasteiger partial charge is 0.361 e. The van der Waals surface area contributed by atoms with Gasteiger partial charge in [0.2, 0.25) is 15.9 Å². The van der Waals surface area contributed by atoms with Gasteiger partial charge >= 0.3 is 0 Å². The topological polar surface area (TPSA) is 125 Å². The number of fused-ring (bicyclic) bond motifs is 1. The second-order valence-electron chi connectivity index (χ2n) is 10.4. The zero-order chi connectivity index (χ0) is 28.3. The van der Waals surface area contributed by atoms with Gasteiger partial charge in [-0.2, -0.15) is 5.26 Å². The van der Waals surface area contributed by atoms with Crippen LogP contribution >= 0.6 is 0 Å². The molecule has 2 aliphatic heterocycles. The van der Waals surface area contributed by atoms with E-state index < -0.39 is 21.9 Å². The minimum atomic E-state index is -3.39. The molecule has 6 rings (SSSR count). The number of sulfonamides is 1. The van der Waals surface area contributed by atoms with Gasteiger partial charge in [-0.25, -0.2) is 22.1 Å². The molecule has 40 heavy (non-hydrogen) atoms. The molecule has 2 atom stereocenters. The van der Waals surface area contributed by atoms with Crippen LogP contribution in [0.3, 0.4) is 0 Å². The molecular weight excluding hydrogens is 535 g/mol. The van der Waals surface area contributed by atoms with Gasteiger partial charge in [-0.1, -0.05) is 11.2 Å². The molecule has 2 aliphatic rings. The number of halogens is 1. The number of aromatic nitrogens is 3. The maximum Gasteiger partial charge on any atom is 0.227 e. The van der Waals surface area contributed by atoms with E-state index in [2.05, 4.69) is 5.16 Å². The first kappa shape index (κ1) is 26.2. The molecule has 0 radical (unpaired) electrons. The fraction of sp³-hybridized carbons (Fsp3) is 0.357. The molecule has 4 aromatic rings. The summed E-state index contributed by atoms with van der Waals surface area (Å²) in [6.45, 7) is 4.37. The Morgan fingerprint density at radius 2 is 1.95 bits per heavy atom. The molecule has 4 heterocycles. The number of carbonyl (C=O) groups excluding carboxylic acids is 1. The number of carbonyl (C=O) groups is 1. The molecule has 12 heteroatoms. The average molecular weight is 563 g/mol. The predicted molar refractivity (Wildman–Crippen MR) is 145 cm³/mol. The molecule has 1 amide bonds. The molecule has 2 unspecified atom stereocenters. The van der Waals surface area contributed by atoms with Gasteiger partial charge in [0.1, 0.15) is 17.4 Å². The normalized spacial score (nSPS) is 20.1. The molecule has 2 saturated heterocycles. The SMILES string of the molecule is Cc1noc(C)c1-c1ccc2c(c1)nc(C1CCC(=O)N1c1cc(F)cc(C#N)c1)n2C1CCN(S(C)(=O)=O)C1. The lowest BCUT2D eigenvalue weighted by molar-refractivity contribution is -0.117. The van der Waals surface area contributed by atoms with Crippen LogP contribution in [0.4, 0.5) is 10.1 Å². The Balaban J connectivity index is 1.52. The third-order valence-electron chi connectivity index (χ3n) is 7.80. The number of nitriles is 1. The van der Waals surface area contributed by atoms with Crippen LogP contribution < -0.4 is 4.90 Å². The molecule has 2 aromatic heterocycles. The maximum absolute atomic E-state index is 14.4. The van der Waals surface area contributed by atoms with Crippen LogP contribution in [0.5, 0.6) is 0 Å². The van der Waals surface area contributed by atoms with E-state index in [1.54, 1.807) is 0 Å². The monoisotopic (exact) mass is 562 g/mol. The third kappa shape index (κ3) is 4.35. The van der Waals surface area contributed by atoms with Crippen LogP contribution in [0.1, 0.15) is 54.2 Å². The number of aryl methyl sites for hydroxylation is 2. The summed E-state index contributed by atoms with van der Waals surface area (Å²) in [5.74, 6) is 0.478. The van der Waals surface area contributed by atoms with Crippen LogP contribution in [0.25, 0.3) is 22.2 Å². The second-order valence-corrected chi connectivity index (χ2v) is 12.4. The molecular formula is C28H27FN6O4S. The van der Waals surface area contributed by atoms with Crippen molar-refractivity contribution < 1.29 is 22.1 Å². The first-order chi connectivity index (χ1) is 19.0. The van der Waals surface area contributed by atoms with Crippen molar-refractivity contribution in [3.05, 3.63) is 65.1 Å². The van der Waals surface area contributed by atoms with Gasteiger partial charge in [-0.15, -0.1) is 0 Å². The fourth-order valence-electron chi connectivity index (χ4n) is 6.04. The number of hydrogen-bond donors (Lipinski definition) is 0. The van der Waals surface area contributed by atoms with E-state index in [-0.39, 0.29) is 30.5 Å². The van der Waals surface area contributed by atoms with Gasteiger partial charge in [0.25, 0.3) is 0 Å². The van der Waals surface area contributed by atoms with Crippen LogP contribution in [-0.4, -0.2) is 52.7 Å². The van der Waals surface area contributed by atoms with Gasteiger partial charge in [0, 0.05) is 30.8 Å². The van der Waals surface area contributed by atoms with Crippen LogP contribution in [0.2, 0.25) is 0 Å². The van der Waals surface area contributed by atoms with Crippen molar-refractivity contribution >= 4 is 32.7 Å². The van der Waals surface area contributed by atoms with Crippen molar-refractivity contribution in [2.24, 2.45) is 0 Å². The summed E-state index contributed by atoms with van der Waals surface area (Å²) in [6.07, 6.45) is 2.46. The highest BCUT2D eigenvalue weighted by atomic mass is 32.2. The molecule has 0 saturated carbocycles. The Bertz CT molecular complexity index is 1800. The van der Waals surface area contributed by atoms with Crippen molar-refractivity contribution in [2.75, 3.05) is 24.2 Å². The lowest BCUT2D eigenvalue weighted by Crippen LogP contribution is -2.31. The molecule has 2 fully saturated rings. The fourth-order valence-corrected chi connectivity index (χ4v) is 6.92. The third-order valence-corrected chi connectivity index (χ3v) is 9.07. The van der Waals surface area contributed by atoms with Gasteiger partial charge in [0.15, 0.2) is 0 Å². The Morgan fingerprint density at radius 1 is 1.15 bits per heavy atom. The first-order valence-electron chi connectivity index (χ1n) is 13.0. The minimum absolute atomic E-state index is 0.116. The van der Waals surface area contributed by atoms with E-state index in [0.29, 0.717) is 42.2 Å². The highest BCUT2D eigenvalue weighted by molar-refractivity contribution is 7.88. The summed E-state index contributed by atoms with van der Waals surface area (Å²) in [5, 5.41) is 13.5. The van der Waals surface area contributed by atoms with E-state index in [0.717, 1.165) is 28.4 Å². The lowest BCUT2D eigenvalue weighted by atomic mass is 10.0. The van der Waals surface area contributed by atoms with Crippen LogP contribution in [0.15, 0.2) is 40.9 Å². The number of amides is 1. The lowest BCUT2D eigenvalue weighted by Gasteiger charge is -2.27. The van der Waals surface area contributed by atoms with Crippen molar-refractivity contribution in [3.63, 3.8) is 0 Å². The summed E-state index contributed by atoms with van der Waals surface area (Å²) in [5.41, 5.74) is 4.41. The number of nitrogens with zero attached hydrogens (tertiary/aromatic N) is 6. The number of hydrogen-bond acceptors (Lipinski definition) is 7. The quantitative estimate of drug-likeness (QED) is 0.353. The van der Waals surface area contributed by atoms with E-state index in [9.17, 15) is 22.9 Å². The summed E-state index contributed by atoms with van der Waals surface area (Å²) in [7, 11) is -3.39. The first-order valence-corrected chi connectivity index (χ1v) is 14.8. The summed E-state index contributed by atoms with van der Waals surface area (Å²) >= 11 is 0. The molecule has 206 valence electrons. The molecule has 0 bridgehead atoms. The molecule has 10 nitrogen and oxygen atoms in total. The van der Waals surface area contributed by atoms with Gasteiger partial charge in [0.05, 0.1) is 46.7 Å². The van der Waals surface area contributed by atoms with E-state index >= 15 is 0 Å². The summed E-state index contributed by atoms with van der Waals surface area (Å²) in [6, 6.07) is 11.0. The van der Waals surface area contributed by atoms with Crippen molar-refractivity contribution in [1.29, 1.82) is 5.26 Å². The zero-order valence-corrected chi connectivity index (χ0v) is 23.1. The summed E-state index contributed by atoms with van der Waals surface area (Å²) in [4.78, 5) is 19.7. The average Bonchev–Trinajstić information content (AvgIpc) is 3.67. The van der Waals surface area contributed by atoms with E-state index in [1.165, 1.54) is 27.6 Å². The second kappa shape index (κ2) is 9.53. The minimum Gasteiger partial charge on any atom is -0.361 e. The molecule has 2 aromatic carbocycles. The van der Waals surface area contributed by atoms with Crippen LogP contribution in [0, 0.1) is 31.0 Å². The molecule has 0 N–H and O–H groups in total. The molecule has 0 aliphatic carbocycles. The van der Waals surface area contributed by atoms with E-state index in [1.807, 2.05) is 42.7 Å². The zero-order valence-electron chi connectivity index (χ0n) is 22.3. The van der Waals surface area contributed by atoms with E-state index in [4.69, 9.17) is 9.51 Å².